The molecule has 0 N–H and O–H groups in total. The number of hydrogen-bond donors (Lipinski definition) is 0. The molecule has 1 fully saturated rings. The first-order valence-corrected chi connectivity index (χ1v) is 16.1. The Bertz CT molecular complexity index is 1530. The van der Waals surface area contributed by atoms with Gasteiger partial charge >= 0.3 is 0 Å². The smallest absolute Gasteiger partial charge is 0.271 e. The number of rotatable bonds is 13. The van der Waals surface area contributed by atoms with Gasteiger partial charge in [0.15, 0.2) is 16.7 Å². The molecule has 3 aromatic carbocycles. The summed E-state index contributed by atoms with van der Waals surface area (Å²) in [5.41, 5.74) is 3.50. The van der Waals surface area contributed by atoms with Crippen molar-refractivity contribution in [3.05, 3.63) is 94.7 Å². The van der Waals surface area contributed by atoms with Gasteiger partial charge < -0.3 is 9.47 Å². The lowest BCUT2D eigenvalue weighted by atomic mass is 10.1. The molecule has 42 heavy (non-hydrogen) atoms. The molecule has 5 rings (SSSR count). The minimum atomic E-state index is -0.132. The summed E-state index contributed by atoms with van der Waals surface area (Å²) >= 11 is 2.80. The number of anilines is 1. The molecule has 0 spiro atoms. The van der Waals surface area contributed by atoms with Crippen LogP contribution in [0.5, 0.6) is 11.5 Å². The summed E-state index contributed by atoms with van der Waals surface area (Å²) in [6.07, 6.45) is 9.14. The van der Waals surface area contributed by atoms with Crippen molar-refractivity contribution in [2.45, 2.75) is 45.4 Å². The summed E-state index contributed by atoms with van der Waals surface area (Å²) in [6, 6.07) is 25.4. The quantitative estimate of drug-likeness (QED) is 0.113. The largest absolute Gasteiger partial charge is 0.493 e. The number of amides is 1. The topological polar surface area (TPSA) is 64.0 Å². The van der Waals surface area contributed by atoms with Crippen LogP contribution in [0, 0.1) is 0 Å². The molecule has 6 nitrogen and oxygen atoms in total. The fraction of sp³-hybridized carbons (Fsp3) is 0.265. The number of para-hydroxylation sites is 1. The molecule has 1 saturated heterocycles. The fourth-order valence-corrected chi connectivity index (χ4v) is 6.34. The van der Waals surface area contributed by atoms with Crippen molar-refractivity contribution in [3.63, 3.8) is 0 Å². The zero-order valence-corrected chi connectivity index (χ0v) is 25.6. The van der Waals surface area contributed by atoms with E-state index in [1.807, 2.05) is 90.3 Å². The molecule has 2 heterocycles. The summed E-state index contributed by atoms with van der Waals surface area (Å²) in [5.74, 6) is 1.23. The van der Waals surface area contributed by atoms with Crippen LogP contribution >= 0.6 is 23.1 Å². The number of carbonyl (C=O) groups is 1. The number of methoxy groups -OCH3 is 1. The number of aliphatic imine (C=N–C) groups is 1. The van der Waals surface area contributed by atoms with Crippen LogP contribution in [0.15, 0.2) is 94.1 Å². The van der Waals surface area contributed by atoms with Gasteiger partial charge in [0.2, 0.25) is 5.13 Å². The second-order valence-electron chi connectivity index (χ2n) is 9.89. The number of thiazole rings is 1. The predicted molar refractivity (Wildman–Crippen MR) is 176 cm³/mol. The lowest BCUT2D eigenvalue weighted by Crippen LogP contribution is -2.28. The molecule has 0 aliphatic carbocycles. The first-order valence-electron chi connectivity index (χ1n) is 14.4. The van der Waals surface area contributed by atoms with Gasteiger partial charge in [-0.25, -0.2) is 4.98 Å². The van der Waals surface area contributed by atoms with E-state index in [1.54, 1.807) is 12.0 Å². The van der Waals surface area contributed by atoms with E-state index in [2.05, 4.69) is 6.92 Å². The molecule has 0 saturated carbocycles. The number of amidine groups is 1. The Morgan fingerprint density at radius 3 is 2.40 bits per heavy atom. The Labute approximate surface area is 256 Å². The number of nitrogens with zero attached hydrogens (tertiary/aromatic N) is 3. The standard InChI is InChI=1S/C34H35N3O3S2/c1-3-4-5-6-7-14-21-40-29-20-19-25(22-30(29)39-2)23-31-32(38)37(27-17-12-9-13-18-27)34(42-31)36-33-35-28(24-41-33)26-15-10-8-11-16-26/h8-13,15-20,22-24H,3-7,14,21H2,1-2H3/b31-23-,36-34+. The maximum absolute atomic E-state index is 13.7. The van der Waals surface area contributed by atoms with E-state index in [4.69, 9.17) is 19.5 Å². The highest BCUT2D eigenvalue weighted by molar-refractivity contribution is 8.19. The molecule has 1 aliphatic heterocycles. The second kappa shape index (κ2) is 14.8. The summed E-state index contributed by atoms with van der Waals surface area (Å²) in [4.78, 5) is 25.5. The van der Waals surface area contributed by atoms with Crippen LogP contribution in [0.25, 0.3) is 17.3 Å². The van der Waals surface area contributed by atoms with Crippen molar-refractivity contribution in [1.29, 1.82) is 0 Å². The van der Waals surface area contributed by atoms with E-state index in [0.29, 0.717) is 33.3 Å². The highest BCUT2D eigenvalue weighted by Gasteiger charge is 2.35. The van der Waals surface area contributed by atoms with Crippen LogP contribution in [0.4, 0.5) is 10.8 Å². The Morgan fingerprint density at radius 1 is 0.905 bits per heavy atom. The third kappa shape index (κ3) is 7.49. The minimum Gasteiger partial charge on any atom is -0.493 e. The molecular weight excluding hydrogens is 563 g/mol. The van der Waals surface area contributed by atoms with E-state index < -0.39 is 0 Å². The number of hydrogen-bond acceptors (Lipinski definition) is 7. The van der Waals surface area contributed by atoms with Crippen molar-refractivity contribution in [2.75, 3.05) is 18.6 Å². The number of benzene rings is 3. The zero-order valence-electron chi connectivity index (χ0n) is 24.0. The van der Waals surface area contributed by atoms with Crippen LogP contribution in [0.2, 0.25) is 0 Å². The minimum absolute atomic E-state index is 0.132. The Kier molecular flexibility index (Phi) is 10.5. The molecule has 0 atom stereocenters. The summed E-state index contributed by atoms with van der Waals surface area (Å²) in [5, 5.41) is 3.15. The number of unbranched alkanes of at least 4 members (excludes halogenated alkanes) is 5. The molecule has 0 bridgehead atoms. The summed E-state index contributed by atoms with van der Waals surface area (Å²) in [7, 11) is 1.64. The Morgan fingerprint density at radius 2 is 1.64 bits per heavy atom. The number of thioether (sulfide) groups is 1. The van der Waals surface area contributed by atoms with Gasteiger partial charge in [-0.05, 0) is 54.1 Å². The third-order valence-electron chi connectivity index (χ3n) is 6.81. The van der Waals surface area contributed by atoms with Crippen molar-refractivity contribution < 1.29 is 14.3 Å². The van der Waals surface area contributed by atoms with Gasteiger partial charge in [-0.3, -0.25) is 9.69 Å². The summed E-state index contributed by atoms with van der Waals surface area (Å²) in [6.45, 7) is 2.89. The molecule has 8 heteroatoms. The Hall–Kier alpha value is -3.88. The molecule has 0 unspecified atom stereocenters. The first-order chi connectivity index (χ1) is 20.7. The molecule has 1 aromatic heterocycles. The average Bonchev–Trinajstić information content (AvgIpc) is 3.62. The van der Waals surface area contributed by atoms with Gasteiger partial charge in [0.25, 0.3) is 5.91 Å². The second-order valence-corrected chi connectivity index (χ2v) is 11.7. The van der Waals surface area contributed by atoms with E-state index in [-0.39, 0.29) is 5.91 Å². The van der Waals surface area contributed by atoms with Gasteiger partial charge in [-0.1, -0.05) is 93.6 Å². The Balaban J connectivity index is 1.35. The third-order valence-corrected chi connectivity index (χ3v) is 8.52. The van der Waals surface area contributed by atoms with Crippen LogP contribution in [0.3, 0.4) is 0 Å². The van der Waals surface area contributed by atoms with Crippen molar-refractivity contribution in [3.8, 4) is 22.8 Å². The van der Waals surface area contributed by atoms with E-state index in [9.17, 15) is 4.79 Å². The van der Waals surface area contributed by atoms with Crippen molar-refractivity contribution >= 4 is 51.1 Å². The lowest BCUT2D eigenvalue weighted by Gasteiger charge is -2.15. The molecular formula is C34H35N3O3S2. The molecule has 216 valence electrons. The number of carbonyl (C=O) groups excluding carboxylic acids is 1. The maximum atomic E-state index is 13.7. The van der Waals surface area contributed by atoms with Gasteiger partial charge in [-0.2, -0.15) is 4.99 Å². The first kappa shape index (κ1) is 29.6. The van der Waals surface area contributed by atoms with E-state index >= 15 is 0 Å². The van der Waals surface area contributed by atoms with E-state index in [1.165, 1.54) is 55.2 Å². The van der Waals surface area contributed by atoms with Crippen molar-refractivity contribution in [1.82, 2.24) is 4.98 Å². The normalized spacial score (nSPS) is 15.1. The zero-order chi connectivity index (χ0) is 29.1. The van der Waals surface area contributed by atoms with Gasteiger partial charge in [-0.15, -0.1) is 11.3 Å². The van der Waals surface area contributed by atoms with Crippen LogP contribution < -0.4 is 14.4 Å². The van der Waals surface area contributed by atoms with Gasteiger partial charge in [0.05, 0.1) is 30.0 Å². The molecule has 4 aromatic rings. The van der Waals surface area contributed by atoms with Crippen LogP contribution in [-0.4, -0.2) is 29.8 Å². The SMILES string of the molecule is CCCCCCCCOc1ccc(/C=C2\S/C(=N/c3nc(-c4ccccc4)cs3)N(c3ccccc3)C2=O)cc1OC. The average molecular weight is 598 g/mol. The van der Waals surface area contributed by atoms with Crippen molar-refractivity contribution in [2.24, 2.45) is 4.99 Å². The van der Waals surface area contributed by atoms with Gasteiger partial charge in [0, 0.05) is 10.9 Å². The molecule has 1 aliphatic rings. The number of ether oxygens (including phenoxy) is 2. The highest BCUT2D eigenvalue weighted by atomic mass is 32.2. The predicted octanol–water partition coefficient (Wildman–Crippen LogP) is 9.37. The lowest BCUT2D eigenvalue weighted by molar-refractivity contribution is -0.113. The summed E-state index contributed by atoms with van der Waals surface area (Å²) < 4.78 is 11.7. The molecule has 1 amide bonds. The molecule has 0 radical (unpaired) electrons. The van der Waals surface area contributed by atoms with E-state index in [0.717, 1.165) is 28.9 Å². The van der Waals surface area contributed by atoms with Gasteiger partial charge in [0.1, 0.15) is 0 Å². The van der Waals surface area contributed by atoms with Crippen LogP contribution in [0.1, 0.15) is 51.0 Å². The van der Waals surface area contributed by atoms with Crippen LogP contribution in [-0.2, 0) is 4.79 Å². The highest BCUT2D eigenvalue weighted by Crippen LogP contribution is 2.39. The fourth-order valence-electron chi connectivity index (χ4n) is 4.60. The maximum Gasteiger partial charge on any atom is 0.271 e. The monoisotopic (exact) mass is 597 g/mol. The number of aromatic nitrogens is 1.